The van der Waals surface area contributed by atoms with Gasteiger partial charge in [-0.05, 0) is 42.5 Å². The van der Waals surface area contributed by atoms with Crippen molar-refractivity contribution < 1.29 is 9.72 Å². The van der Waals surface area contributed by atoms with E-state index in [1.54, 1.807) is 24.3 Å². The molecule has 0 unspecified atom stereocenters. The van der Waals surface area contributed by atoms with Crippen molar-refractivity contribution in [2.24, 2.45) is 0 Å². The van der Waals surface area contributed by atoms with Gasteiger partial charge in [0.2, 0.25) is 0 Å². The number of nitrogens with one attached hydrogen (secondary N) is 1. The van der Waals surface area contributed by atoms with Crippen molar-refractivity contribution in [1.82, 2.24) is 4.98 Å². The largest absolute Gasteiger partial charge is 0.399 e. The third kappa shape index (κ3) is 2.86. The van der Waals surface area contributed by atoms with Crippen molar-refractivity contribution in [2.75, 3.05) is 11.1 Å². The molecule has 0 radical (unpaired) electrons. The summed E-state index contributed by atoms with van der Waals surface area (Å²) in [5.41, 5.74) is 6.76. The lowest BCUT2D eigenvalue weighted by atomic mass is 10.2. The van der Waals surface area contributed by atoms with E-state index in [2.05, 4.69) is 10.3 Å². The maximum absolute atomic E-state index is 11.9. The van der Waals surface area contributed by atoms with Crippen LogP contribution in [0.15, 0.2) is 24.3 Å². The van der Waals surface area contributed by atoms with E-state index in [4.69, 9.17) is 5.73 Å². The molecular formula is C11H10N4O3S. The zero-order chi connectivity index (χ0) is 14.0. The van der Waals surface area contributed by atoms with Gasteiger partial charge in [0.15, 0.2) is 5.13 Å². The molecule has 8 heteroatoms. The van der Waals surface area contributed by atoms with E-state index < -0.39 is 4.92 Å². The molecule has 0 aliphatic rings. The van der Waals surface area contributed by atoms with Gasteiger partial charge < -0.3 is 5.73 Å². The first-order valence-corrected chi connectivity index (χ1v) is 6.07. The van der Waals surface area contributed by atoms with Crippen molar-refractivity contribution in [3.05, 3.63) is 45.6 Å². The third-order valence-electron chi connectivity index (χ3n) is 2.33. The number of amides is 1. The summed E-state index contributed by atoms with van der Waals surface area (Å²) >= 11 is 0.827. The number of nitrogens with zero attached hydrogens (tertiary/aromatic N) is 2. The lowest BCUT2D eigenvalue weighted by molar-refractivity contribution is -0.380. The Balaban J connectivity index is 2.17. The molecule has 1 heterocycles. The van der Waals surface area contributed by atoms with Crippen molar-refractivity contribution >= 4 is 33.1 Å². The lowest BCUT2D eigenvalue weighted by Gasteiger charge is -2.01. The fraction of sp³-hybridized carbons (Fsp3) is 0.0909. The fourth-order valence-electron chi connectivity index (χ4n) is 1.42. The summed E-state index contributed by atoms with van der Waals surface area (Å²) in [7, 11) is 0. The molecule has 19 heavy (non-hydrogen) atoms. The average Bonchev–Trinajstić information content (AvgIpc) is 2.71. The fourth-order valence-corrected chi connectivity index (χ4v) is 2.19. The standard InChI is InChI=1S/C11H10N4O3S/c1-6-10(15(17)18)19-11(13-6)14-9(16)7-2-4-8(12)5-3-7/h2-5H,12H2,1H3,(H,13,14,16). The quantitative estimate of drug-likeness (QED) is 0.508. The summed E-state index contributed by atoms with van der Waals surface area (Å²) in [5.74, 6) is -0.386. The van der Waals surface area contributed by atoms with Gasteiger partial charge in [0, 0.05) is 11.3 Å². The predicted octanol–water partition coefficient (Wildman–Crippen LogP) is 2.19. The van der Waals surface area contributed by atoms with E-state index in [9.17, 15) is 14.9 Å². The first-order valence-electron chi connectivity index (χ1n) is 5.26. The smallest absolute Gasteiger partial charge is 0.348 e. The number of aromatic nitrogens is 1. The zero-order valence-electron chi connectivity index (χ0n) is 9.91. The van der Waals surface area contributed by atoms with Gasteiger partial charge in [0.1, 0.15) is 5.69 Å². The highest BCUT2D eigenvalue weighted by Gasteiger charge is 2.19. The Bertz CT molecular complexity index is 636. The Morgan fingerprint density at radius 3 is 2.58 bits per heavy atom. The van der Waals surface area contributed by atoms with Crippen molar-refractivity contribution in [3.63, 3.8) is 0 Å². The number of hydrogen-bond donors (Lipinski definition) is 2. The number of hydrogen-bond acceptors (Lipinski definition) is 6. The maximum Gasteiger partial charge on any atom is 0.348 e. The van der Waals surface area contributed by atoms with Crippen LogP contribution in [0.5, 0.6) is 0 Å². The van der Waals surface area contributed by atoms with Crippen LogP contribution >= 0.6 is 11.3 Å². The molecule has 3 N–H and O–H groups in total. The molecule has 1 aromatic heterocycles. The van der Waals surface area contributed by atoms with Gasteiger partial charge in [-0.1, -0.05) is 0 Å². The predicted molar refractivity (Wildman–Crippen MR) is 72.3 cm³/mol. The molecule has 1 aromatic carbocycles. The van der Waals surface area contributed by atoms with Gasteiger partial charge in [-0.25, -0.2) is 4.98 Å². The van der Waals surface area contributed by atoms with Gasteiger partial charge in [0.05, 0.1) is 4.92 Å². The molecule has 1 amide bonds. The maximum atomic E-state index is 11.9. The summed E-state index contributed by atoms with van der Waals surface area (Å²) in [6, 6.07) is 6.34. The Morgan fingerprint density at radius 2 is 2.05 bits per heavy atom. The molecule has 0 saturated carbocycles. The van der Waals surface area contributed by atoms with Crippen LogP contribution in [0.3, 0.4) is 0 Å². The van der Waals surface area contributed by atoms with Crippen LogP contribution in [0.1, 0.15) is 16.1 Å². The Hall–Kier alpha value is -2.48. The van der Waals surface area contributed by atoms with E-state index in [0.29, 0.717) is 11.3 Å². The molecule has 2 aromatic rings. The van der Waals surface area contributed by atoms with E-state index >= 15 is 0 Å². The number of anilines is 2. The van der Waals surface area contributed by atoms with Crippen LogP contribution in [0.4, 0.5) is 15.8 Å². The lowest BCUT2D eigenvalue weighted by Crippen LogP contribution is -2.11. The minimum atomic E-state index is -0.522. The van der Waals surface area contributed by atoms with Crippen molar-refractivity contribution in [2.45, 2.75) is 6.92 Å². The van der Waals surface area contributed by atoms with Crippen LogP contribution in [0.2, 0.25) is 0 Å². The molecule has 7 nitrogen and oxygen atoms in total. The van der Waals surface area contributed by atoms with Crippen LogP contribution in [-0.2, 0) is 0 Å². The number of benzene rings is 1. The molecule has 0 atom stereocenters. The normalized spacial score (nSPS) is 10.2. The summed E-state index contributed by atoms with van der Waals surface area (Å²) < 4.78 is 0. The topological polar surface area (TPSA) is 111 Å². The number of thiazole rings is 1. The van der Waals surface area contributed by atoms with Crippen LogP contribution in [0.25, 0.3) is 0 Å². The highest BCUT2D eigenvalue weighted by molar-refractivity contribution is 7.19. The second kappa shape index (κ2) is 5.02. The molecule has 0 aliphatic heterocycles. The van der Waals surface area contributed by atoms with E-state index in [1.807, 2.05) is 0 Å². The molecule has 0 fully saturated rings. The van der Waals surface area contributed by atoms with Gasteiger partial charge in [-0.15, -0.1) is 0 Å². The molecule has 2 rings (SSSR count). The minimum absolute atomic E-state index is 0.0763. The van der Waals surface area contributed by atoms with Gasteiger partial charge >= 0.3 is 5.00 Å². The first kappa shape index (κ1) is 13.0. The van der Waals surface area contributed by atoms with E-state index in [-0.39, 0.29) is 21.7 Å². The molecule has 0 bridgehead atoms. The number of nitrogens with two attached hydrogens (primary N) is 1. The number of carbonyl (C=O) groups is 1. The van der Waals surface area contributed by atoms with Crippen LogP contribution in [0, 0.1) is 17.0 Å². The second-order valence-corrected chi connectivity index (χ2v) is 4.72. The number of rotatable bonds is 3. The summed E-state index contributed by atoms with van der Waals surface area (Å²) in [5, 5.41) is 13.3. The third-order valence-corrected chi connectivity index (χ3v) is 3.36. The molecule has 0 spiro atoms. The number of nitro groups is 1. The monoisotopic (exact) mass is 278 g/mol. The molecule has 0 saturated heterocycles. The first-order chi connectivity index (χ1) is 8.97. The van der Waals surface area contributed by atoms with Gasteiger partial charge in [-0.2, -0.15) is 0 Å². The van der Waals surface area contributed by atoms with Gasteiger partial charge in [-0.3, -0.25) is 20.2 Å². The Morgan fingerprint density at radius 1 is 1.42 bits per heavy atom. The van der Waals surface area contributed by atoms with E-state index in [0.717, 1.165) is 11.3 Å². The summed E-state index contributed by atoms with van der Waals surface area (Å²) in [6.45, 7) is 1.52. The molecular weight excluding hydrogens is 268 g/mol. The summed E-state index contributed by atoms with van der Waals surface area (Å²) in [4.78, 5) is 26.0. The van der Waals surface area contributed by atoms with Crippen molar-refractivity contribution in [1.29, 1.82) is 0 Å². The highest BCUT2D eigenvalue weighted by Crippen LogP contribution is 2.29. The molecule has 98 valence electrons. The Labute approximate surface area is 112 Å². The summed E-state index contributed by atoms with van der Waals surface area (Å²) in [6.07, 6.45) is 0. The SMILES string of the molecule is Cc1nc(NC(=O)c2ccc(N)cc2)sc1[N+](=O)[O-]. The van der Waals surface area contributed by atoms with Crippen LogP contribution in [-0.4, -0.2) is 15.8 Å². The van der Waals surface area contributed by atoms with Crippen molar-refractivity contribution in [3.8, 4) is 0 Å². The second-order valence-electron chi connectivity index (χ2n) is 3.74. The minimum Gasteiger partial charge on any atom is -0.399 e. The molecule has 0 aliphatic carbocycles. The number of nitrogen functional groups attached to an aromatic ring is 1. The Kier molecular flexibility index (Phi) is 3.43. The van der Waals surface area contributed by atoms with E-state index in [1.165, 1.54) is 6.92 Å². The zero-order valence-corrected chi connectivity index (χ0v) is 10.7. The highest BCUT2D eigenvalue weighted by atomic mass is 32.1. The average molecular weight is 278 g/mol. The number of aryl methyl sites for hydroxylation is 1. The van der Waals surface area contributed by atoms with Gasteiger partial charge in [0.25, 0.3) is 5.91 Å². The number of carbonyl (C=O) groups excluding carboxylic acids is 1. The van der Waals surface area contributed by atoms with Crippen LogP contribution < -0.4 is 11.1 Å².